The first-order valence-corrected chi connectivity index (χ1v) is 10.5. The Balaban J connectivity index is 1.87. The fourth-order valence-electron chi connectivity index (χ4n) is 3.96. The number of aryl methyl sites for hydroxylation is 2. The summed E-state index contributed by atoms with van der Waals surface area (Å²) in [5.74, 6) is 0. The molecule has 1 aliphatic carbocycles. The topological polar surface area (TPSA) is 60.4 Å². The first kappa shape index (κ1) is 18.6. The summed E-state index contributed by atoms with van der Waals surface area (Å²) < 4.78 is 2.35. The van der Waals surface area contributed by atoms with Gasteiger partial charge >= 0.3 is 0 Å². The fraction of sp³-hybridized carbons (Fsp3) is 0.318. The predicted octanol–water partition coefficient (Wildman–Crippen LogP) is 6.09. The largest absolute Gasteiger partial charge is 0.313 e. The molecular formula is C22H23N3O2S. The van der Waals surface area contributed by atoms with E-state index in [0.717, 1.165) is 34.6 Å². The van der Waals surface area contributed by atoms with Gasteiger partial charge in [0.2, 0.25) is 0 Å². The summed E-state index contributed by atoms with van der Waals surface area (Å²) in [4.78, 5) is 16.7. The zero-order chi connectivity index (χ0) is 19.7. The molecular weight excluding hydrogens is 370 g/mol. The number of non-ortho nitro benzene ring substituents is 1. The molecule has 0 amide bonds. The van der Waals surface area contributed by atoms with Gasteiger partial charge in [0.25, 0.3) is 5.69 Å². The van der Waals surface area contributed by atoms with Gasteiger partial charge in [-0.05, 0) is 55.5 Å². The Kier molecular flexibility index (Phi) is 5.13. The highest BCUT2D eigenvalue weighted by Crippen LogP contribution is 2.34. The monoisotopic (exact) mass is 393 g/mol. The highest BCUT2D eigenvalue weighted by molar-refractivity contribution is 7.07. The Bertz CT molecular complexity index is 1050. The summed E-state index contributed by atoms with van der Waals surface area (Å²) in [7, 11) is 0. The molecule has 0 unspecified atom stereocenters. The highest BCUT2D eigenvalue weighted by atomic mass is 32.1. The number of nitro benzene ring substituents is 1. The molecule has 0 saturated heterocycles. The van der Waals surface area contributed by atoms with E-state index in [1.165, 1.54) is 24.0 Å². The molecule has 1 heterocycles. The van der Waals surface area contributed by atoms with Crippen LogP contribution in [0, 0.1) is 24.0 Å². The average molecular weight is 394 g/mol. The van der Waals surface area contributed by atoms with Crippen molar-refractivity contribution in [1.82, 2.24) is 4.57 Å². The Hall–Kier alpha value is -2.73. The molecule has 1 aromatic heterocycles. The first-order chi connectivity index (χ1) is 13.5. The van der Waals surface area contributed by atoms with Crippen molar-refractivity contribution in [2.45, 2.75) is 45.6 Å². The van der Waals surface area contributed by atoms with Crippen LogP contribution in [0.25, 0.3) is 11.3 Å². The number of hydrogen-bond acceptors (Lipinski definition) is 4. The van der Waals surface area contributed by atoms with Crippen molar-refractivity contribution in [1.29, 1.82) is 0 Å². The second kappa shape index (κ2) is 7.72. The van der Waals surface area contributed by atoms with Gasteiger partial charge in [-0.2, -0.15) is 0 Å². The van der Waals surface area contributed by atoms with E-state index in [2.05, 4.69) is 42.0 Å². The minimum absolute atomic E-state index is 0.117. The van der Waals surface area contributed by atoms with Gasteiger partial charge in [-0.15, -0.1) is 11.3 Å². The van der Waals surface area contributed by atoms with Crippen LogP contribution in [0.3, 0.4) is 0 Å². The molecule has 1 saturated carbocycles. The van der Waals surface area contributed by atoms with Crippen LogP contribution in [0.2, 0.25) is 0 Å². The van der Waals surface area contributed by atoms with E-state index in [1.807, 2.05) is 12.1 Å². The van der Waals surface area contributed by atoms with Crippen molar-refractivity contribution in [3.05, 3.63) is 73.9 Å². The van der Waals surface area contributed by atoms with Gasteiger partial charge in [0.05, 0.1) is 16.3 Å². The number of nitrogens with zero attached hydrogens (tertiary/aromatic N) is 3. The Labute approximate surface area is 168 Å². The number of aromatic nitrogens is 1. The third kappa shape index (κ3) is 3.52. The number of thiazole rings is 1. The van der Waals surface area contributed by atoms with Gasteiger partial charge in [0, 0.05) is 23.6 Å². The zero-order valence-corrected chi connectivity index (χ0v) is 16.9. The minimum atomic E-state index is -0.357. The molecule has 0 atom stereocenters. The third-order valence-corrected chi connectivity index (χ3v) is 6.29. The molecule has 0 radical (unpaired) electrons. The maximum atomic E-state index is 11.0. The van der Waals surface area contributed by atoms with Crippen LogP contribution >= 0.6 is 11.3 Å². The number of nitro groups is 1. The zero-order valence-electron chi connectivity index (χ0n) is 16.1. The van der Waals surface area contributed by atoms with Crippen LogP contribution in [0.4, 0.5) is 11.4 Å². The van der Waals surface area contributed by atoms with E-state index in [1.54, 1.807) is 23.5 Å². The maximum Gasteiger partial charge on any atom is 0.269 e. The molecule has 1 fully saturated rings. The molecule has 0 N–H and O–H groups in total. The van der Waals surface area contributed by atoms with E-state index >= 15 is 0 Å². The van der Waals surface area contributed by atoms with Gasteiger partial charge < -0.3 is 4.57 Å². The van der Waals surface area contributed by atoms with Crippen LogP contribution in [0.1, 0.15) is 42.9 Å². The van der Waals surface area contributed by atoms with Crippen molar-refractivity contribution in [3.8, 4) is 11.3 Å². The van der Waals surface area contributed by atoms with Crippen LogP contribution in [-0.4, -0.2) is 9.49 Å². The molecule has 1 aliphatic rings. The van der Waals surface area contributed by atoms with Gasteiger partial charge in [0.15, 0.2) is 4.80 Å². The molecule has 3 aromatic rings. The standard InChI is InChI=1S/C22H23N3O2S/c1-15-6-5-7-16(2)21(15)23-22-24(18-8-3-4-9-18)20(14-28-22)17-10-12-19(13-11-17)25(26)27/h5-7,10-14,18H,3-4,8-9H2,1-2H3. The second-order valence-electron chi connectivity index (χ2n) is 7.37. The van der Waals surface area contributed by atoms with E-state index in [-0.39, 0.29) is 10.6 Å². The Morgan fingerprint density at radius 1 is 1.07 bits per heavy atom. The Morgan fingerprint density at radius 3 is 2.32 bits per heavy atom. The number of rotatable bonds is 4. The SMILES string of the molecule is Cc1cccc(C)c1N=c1scc(-c2ccc([N+](=O)[O-])cc2)n1C1CCCC1. The smallest absolute Gasteiger partial charge is 0.269 e. The van der Waals surface area contributed by atoms with Crippen molar-refractivity contribution < 1.29 is 4.92 Å². The van der Waals surface area contributed by atoms with Crippen LogP contribution in [-0.2, 0) is 0 Å². The summed E-state index contributed by atoms with van der Waals surface area (Å²) in [5.41, 5.74) is 5.58. The summed E-state index contributed by atoms with van der Waals surface area (Å²) in [6, 6.07) is 13.5. The quantitative estimate of drug-likeness (QED) is 0.398. The molecule has 0 spiro atoms. The van der Waals surface area contributed by atoms with Crippen molar-refractivity contribution in [2.75, 3.05) is 0 Å². The van der Waals surface area contributed by atoms with Gasteiger partial charge in [-0.1, -0.05) is 31.0 Å². The molecule has 6 heteroatoms. The maximum absolute atomic E-state index is 11.0. The predicted molar refractivity (Wildman–Crippen MR) is 113 cm³/mol. The van der Waals surface area contributed by atoms with Gasteiger partial charge in [-0.25, -0.2) is 4.99 Å². The number of benzene rings is 2. The summed E-state index contributed by atoms with van der Waals surface area (Å²) >= 11 is 1.64. The van der Waals surface area contributed by atoms with Gasteiger partial charge in [0.1, 0.15) is 0 Å². The number of hydrogen-bond donors (Lipinski definition) is 0. The van der Waals surface area contributed by atoms with E-state index in [0.29, 0.717) is 6.04 Å². The van der Waals surface area contributed by atoms with Crippen molar-refractivity contribution in [2.24, 2.45) is 4.99 Å². The van der Waals surface area contributed by atoms with Gasteiger partial charge in [-0.3, -0.25) is 10.1 Å². The first-order valence-electron chi connectivity index (χ1n) is 9.60. The van der Waals surface area contributed by atoms with Crippen molar-refractivity contribution >= 4 is 22.7 Å². The summed E-state index contributed by atoms with van der Waals surface area (Å²) in [6.07, 6.45) is 4.76. The molecule has 5 nitrogen and oxygen atoms in total. The molecule has 2 aromatic carbocycles. The molecule has 0 aliphatic heterocycles. The van der Waals surface area contributed by atoms with Crippen LogP contribution in [0.5, 0.6) is 0 Å². The lowest BCUT2D eigenvalue weighted by molar-refractivity contribution is -0.384. The lowest BCUT2D eigenvalue weighted by Gasteiger charge is -2.16. The van der Waals surface area contributed by atoms with E-state index in [9.17, 15) is 10.1 Å². The lowest BCUT2D eigenvalue weighted by atomic mass is 10.1. The summed E-state index contributed by atoms with van der Waals surface area (Å²) in [5, 5.41) is 13.1. The fourth-order valence-corrected chi connectivity index (χ4v) is 4.93. The van der Waals surface area contributed by atoms with Crippen molar-refractivity contribution in [3.63, 3.8) is 0 Å². The third-order valence-electron chi connectivity index (χ3n) is 5.45. The second-order valence-corrected chi connectivity index (χ2v) is 8.20. The molecule has 4 rings (SSSR count). The van der Waals surface area contributed by atoms with Crippen LogP contribution < -0.4 is 4.80 Å². The Morgan fingerprint density at radius 2 is 1.71 bits per heavy atom. The minimum Gasteiger partial charge on any atom is -0.313 e. The number of para-hydroxylation sites is 1. The van der Waals surface area contributed by atoms with E-state index in [4.69, 9.17) is 4.99 Å². The normalized spacial score (nSPS) is 15.3. The lowest BCUT2D eigenvalue weighted by Crippen LogP contribution is -2.20. The molecule has 144 valence electrons. The molecule has 28 heavy (non-hydrogen) atoms. The average Bonchev–Trinajstić information content (AvgIpc) is 3.34. The summed E-state index contributed by atoms with van der Waals surface area (Å²) in [6.45, 7) is 4.19. The van der Waals surface area contributed by atoms with Crippen LogP contribution in [0.15, 0.2) is 52.8 Å². The molecule has 0 bridgehead atoms. The van der Waals surface area contributed by atoms with E-state index < -0.39 is 0 Å². The highest BCUT2D eigenvalue weighted by Gasteiger charge is 2.22.